The van der Waals surface area contributed by atoms with Gasteiger partial charge in [-0.1, -0.05) is 33.8 Å². The molecule has 1 heterocycles. The van der Waals surface area contributed by atoms with Gasteiger partial charge in [0.1, 0.15) is 5.75 Å². The largest absolute Gasteiger partial charge is 0.493 e. The van der Waals surface area contributed by atoms with Gasteiger partial charge in [0.15, 0.2) is 5.16 Å². The van der Waals surface area contributed by atoms with E-state index in [-0.39, 0.29) is 5.69 Å². The monoisotopic (exact) mass is 329 g/mol. The molecule has 96 valence electrons. The Morgan fingerprint density at radius 1 is 1.56 bits per heavy atom. The van der Waals surface area contributed by atoms with Gasteiger partial charge in [-0.3, -0.25) is 4.57 Å². The molecule has 0 amide bonds. The van der Waals surface area contributed by atoms with E-state index in [2.05, 4.69) is 26.1 Å². The minimum Gasteiger partial charge on any atom is -0.493 e. The fraction of sp³-hybridized carbons (Fsp3) is 0.273. The van der Waals surface area contributed by atoms with Gasteiger partial charge < -0.3 is 4.74 Å². The van der Waals surface area contributed by atoms with E-state index in [4.69, 9.17) is 4.74 Å². The molecule has 0 aliphatic heterocycles. The van der Waals surface area contributed by atoms with Crippen LogP contribution in [0.4, 0.5) is 0 Å². The third-order valence-corrected chi connectivity index (χ3v) is 3.71. The van der Waals surface area contributed by atoms with Gasteiger partial charge in [0, 0.05) is 17.3 Å². The number of H-pyrrole nitrogens is 1. The van der Waals surface area contributed by atoms with Gasteiger partial charge >= 0.3 is 5.69 Å². The molecule has 0 unspecified atom stereocenters. The van der Waals surface area contributed by atoms with Gasteiger partial charge in [0.25, 0.3) is 0 Å². The molecule has 0 aliphatic rings. The zero-order valence-electron chi connectivity index (χ0n) is 9.72. The SMILES string of the molecule is Cn1c(SCCOc2cccc(Br)c2)n[nH]c1=O. The number of aromatic nitrogens is 3. The second kappa shape index (κ2) is 6.10. The molecule has 0 radical (unpaired) electrons. The Balaban J connectivity index is 1.80. The maximum absolute atomic E-state index is 11.1. The van der Waals surface area contributed by atoms with Gasteiger partial charge in [0.2, 0.25) is 0 Å². The lowest BCUT2D eigenvalue weighted by Crippen LogP contribution is -2.13. The van der Waals surface area contributed by atoms with E-state index >= 15 is 0 Å². The Morgan fingerprint density at radius 3 is 3.06 bits per heavy atom. The molecule has 2 rings (SSSR count). The number of nitrogens with one attached hydrogen (secondary N) is 1. The molecule has 1 aromatic heterocycles. The van der Waals surface area contributed by atoms with Crippen LogP contribution in [-0.4, -0.2) is 27.1 Å². The quantitative estimate of drug-likeness (QED) is 0.673. The van der Waals surface area contributed by atoms with Crippen LogP contribution in [0.1, 0.15) is 0 Å². The molecule has 0 aliphatic carbocycles. The summed E-state index contributed by atoms with van der Waals surface area (Å²) >= 11 is 4.86. The number of hydrogen-bond donors (Lipinski definition) is 1. The first-order chi connectivity index (χ1) is 8.66. The smallest absolute Gasteiger partial charge is 0.343 e. The van der Waals surface area contributed by atoms with Gasteiger partial charge in [-0.2, -0.15) is 0 Å². The Morgan fingerprint density at radius 2 is 2.39 bits per heavy atom. The molecule has 7 heteroatoms. The molecule has 0 fully saturated rings. The first-order valence-electron chi connectivity index (χ1n) is 5.29. The average Bonchev–Trinajstić information content (AvgIpc) is 2.66. The van der Waals surface area contributed by atoms with Crippen molar-refractivity contribution in [2.45, 2.75) is 5.16 Å². The summed E-state index contributed by atoms with van der Waals surface area (Å²) in [7, 11) is 1.68. The van der Waals surface area contributed by atoms with Crippen LogP contribution in [0.2, 0.25) is 0 Å². The van der Waals surface area contributed by atoms with E-state index in [0.29, 0.717) is 11.8 Å². The molecule has 0 spiro atoms. The van der Waals surface area contributed by atoms with E-state index < -0.39 is 0 Å². The number of thioether (sulfide) groups is 1. The van der Waals surface area contributed by atoms with Crippen molar-refractivity contribution in [1.82, 2.24) is 14.8 Å². The van der Waals surface area contributed by atoms with Gasteiger partial charge in [0.05, 0.1) is 6.61 Å². The molecular weight excluding hydrogens is 318 g/mol. The number of aromatic amines is 1. The molecule has 0 saturated carbocycles. The summed E-state index contributed by atoms with van der Waals surface area (Å²) in [5.41, 5.74) is -0.203. The van der Waals surface area contributed by atoms with E-state index in [1.54, 1.807) is 7.05 Å². The molecule has 1 aromatic carbocycles. The van der Waals surface area contributed by atoms with Crippen LogP contribution in [0.5, 0.6) is 5.75 Å². The lowest BCUT2D eigenvalue weighted by molar-refractivity contribution is 0.343. The highest BCUT2D eigenvalue weighted by molar-refractivity contribution is 9.10. The fourth-order valence-electron chi connectivity index (χ4n) is 1.31. The van der Waals surface area contributed by atoms with Crippen molar-refractivity contribution in [3.63, 3.8) is 0 Å². The van der Waals surface area contributed by atoms with Crippen LogP contribution in [-0.2, 0) is 7.05 Å². The predicted molar refractivity (Wildman–Crippen MR) is 74.2 cm³/mol. The Bertz CT molecular complexity index is 582. The maximum atomic E-state index is 11.1. The molecule has 18 heavy (non-hydrogen) atoms. The van der Waals surface area contributed by atoms with Gasteiger partial charge in [-0.15, -0.1) is 5.10 Å². The highest BCUT2D eigenvalue weighted by Gasteiger charge is 2.04. The summed E-state index contributed by atoms with van der Waals surface area (Å²) in [5, 5.41) is 6.96. The van der Waals surface area contributed by atoms with Crippen molar-refractivity contribution in [3.8, 4) is 5.75 Å². The Labute approximate surface area is 117 Å². The highest BCUT2D eigenvalue weighted by Crippen LogP contribution is 2.18. The average molecular weight is 330 g/mol. The first-order valence-corrected chi connectivity index (χ1v) is 7.07. The summed E-state index contributed by atoms with van der Waals surface area (Å²) in [6, 6.07) is 7.68. The minimum atomic E-state index is -0.203. The summed E-state index contributed by atoms with van der Waals surface area (Å²) < 4.78 is 8.04. The second-order valence-electron chi connectivity index (χ2n) is 3.52. The standard InChI is InChI=1S/C11H12BrN3O2S/c1-15-10(16)13-14-11(15)18-6-5-17-9-4-2-3-8(12)7-9/h2-4,7H,5-6H2,1H3,(H,13,16). The number of nitrogens with zero attached hydrogens (tertiary/aromatic N) is 2. The zero-order valence-corrected chi connectivity index (χ0v) is 12.1. The van der Waals surface area contributed by atoms with Crippen molar-refractivity contribution in [1.29, 1.82) is 0 Å². The van der Waals surface area contributed by atoms with Crippen molar-refractivity contribution in [2.24, 2.45) is 7.05 Å². The normalized spacial score (nSPS) is 10.6. The Hall–Kier alpha value is -1.21. The molecule has 5 nitrogen and oxygen atoms in total. The predicted octanol–water partition coefficient (Wildman–Crippen LogP) is 2.04. The summed E-state index contributed by atoms with van der Waals surface area (Å²) in [4.78, 5) is 11.1. The van der Waals surface area contributed by atoms with Crippen LogP contribution >= 0.6 is 27.7 Å². The molecule has 2 aromatic rings. The van der Waals surface area contributed by atoms with Crippen LogP contribution in [0.15, 0.2) is 38.7 Å². The van der Waals surface area contributed by atoms with Crippen LogP contribution in [0, 0.1) is 0 Å². The van der Waals surface area contributed by atoms with Crippen molar-refractivity contribution < 1.29 is 4.74 Å². The third kappa shape index (κ3) is 3.39. The molecular formula is C11H12BrN3O2S. The number of rotatable bonds is 5. The molecule has 1 N–H and O–H groups in total. The zero-order chi connectivity index (χ0) is 13.0. The van der Waals surface area contributed by atoms with Crippen LogP contribution < -0.4 is 10.4 Å². The van der Waals surface area contributed by atoms with E-state index in [9.17, 15) is 4.79 Å². The molecule has 0 bridgehead atoms. The van der Waals surface area contributed by atoms with Crippen molar-refractivity contribution >= 4 is 27.7 Å². The fourth-order valence-corrected chi connectivity index (χ4v) is 2.43. The number of benzene rings is 1. The van der Waals surface area contributed by atoms with E-state index in [1.165, 1.54) is 16.3 Å². The Kier molecular flexibility index (Phi) is 4.48. The lowest BCUT2D eigenvalue weighted by Gasteiger charge is -2.05. The second-order valence-corrected chi connectivity index (χ2v) is 5.50. The maximum Gasteiger partial charge on any atom is 0.343 e. The van der Waals surface area contributed by atoms with Crippen molar-refractivity contribution in [2.75, 3.05) is 12.4 Å². The van der Waals surface area contributed by atoms with E-state index in [0.717, 1.165) is 16.0 Å². The topological polar surface area (TPSA) is 59.9 Å². The summed E-state index contributed by atoms with van der Waals surface area (Å²) in [6.45, 7) is 0.558. The van der Waals surface area contributed by atoms with Gasteiger partial charge in [-0.25, -0.2) is 9.89 Å². The minimum absolute atomic E-state index is 0.203. The third-order valence-electron chi connectivity index (χ3n) is 2.22. The molecule has 0 saturated heterocycles. The highest BCUT2D eigenvalue weighted by atomic mass is 79.9. The lowest BCUT2D eigenvalue weighted by atomic mass is 10.3. The molecule has 0 atom stereocenters. The summed E-state index contributed by atoms with van der Waals surface area (Å²) in [5.74, 6) is 1.55. The number of halogens is 1. The number of ether oxygens (including phenoxy) is 1. The van der Waals surface area contributed by atoms with Crippen LogP contribution in [0.3, 0.4) is 0 Å². The van der Waals surface area contributed by atoms with Crippen LogP contribution in [0.25, 0.3) is 0 Å². The van der Waals surface area contributed by atoms with Crippen molar-refractivity contribution in [3.05, 3.63) is 39.2 Å². The number of hydrogen-bond acceptors (Lipinski definition) is 4. The first kappa shape index (κ1) is 13.2. The summed E-state index contributed by atoms with van der Waals surface area (Å²) in [6.07, 6.45) is 0. The van der Waals surface area contributed by atoms with Gasteiger partial charge in [-0.05, 0) is 18.2 Å². The van der Waals surface area contributed by atoms with E-state index in [1.807, 2.05) is 24.3 Å².